The van der Waals surface area contributed by atoms with Gasteiger partial charge in [0, 0.05) is 17.8 Å². The fourth-order valence-electron chi connectivity index (χ4n) is 1.48. The second-order valence-corrected chi connectivity index (χ2v) is 5.26. The number of nitrogens with one attached hydrogen (secondary N) is 3. The molecule has 0 fully saturated rings. The van der Waals surface area contributed by atoms with Crippen LogP contribution in [0.1, 0.15) is 32.8 Å². The van der Waals surface area contributed by atoms with E-state index >= 15 is 0 Å². The molecule has 110 valence electrons. The van der Waals surface area contributed by atoms with Gasteiger partial charge >= 0.3 is 0 Å². The molecule has 0 aliphatic heterocycles. The maximum absolute atomic E-state index is 12.1. The summed E-state index contributed by atoms with van der Waals surface area (Å²) in [4.78, 5) is 23.5. The minimum atomic E-state index is -0.658. The fourth-order valence-corrected chi connectivity index (χ4v) is 1.48. The van der Waals surface area contributed by atoms with Crippen molar-refractivity contribution in [3.63, 3.8) is 0 Å². The Morgan fingerprint density at radius 1 is 1.20 bits per heavy atom. The molecule has 0 heterocycles. The van der Waals surface area contributed by atoms with Crippen molar-refractivity contribution in [1.29, 1.82) is 0 Å². The molecule has 0 aliphatic carbocycles. The quantitative estimate of drug-likeness (QED) is 0.773. The third kappa shape index (κ3) is 4.06. The van der Waals surface area contributed by atoms with Crippen molar-refractivity contribution in [2.75, 3.05) is 17.7 Å². The summed E-state index contributed by atoms with van der Waals surface area (Å²) in [5.41, 5.74) is 1.67. The Hall–Kier alpha value is -1.88. The molecule has 2 amide bonds. The number of hydrogen-bond donors (Lipinski definition) is 3. The Morgan fingerprint density at radius 2 is 1.85 bits per heavy atom. The van der Waals surface area contributed by atoms with Gasteiger partial charge in [-0.05, 0) is 45.5 Å². The van der Waals surface area contributed by atoms with Crippen molar-refractivity contribution in [1.82, 2.24) is 5.32 Å². The van der Waals surface area contributed by atoms with Crippen LogP contribution in [0.2, 0.25) is 0 Å². The second-order valence-electron chi connectivity index (χ2n) is 5.26. The zero-order chi connectivity index (χ0) is 15.3. The molecule has 0 unspecified atom stereocenters. The molecule has 5 nitrogen and oxygen atoms in total. The predicted octanol–water partition coefficient (Wildman–Crippen LogP) is 2.28. The fraction of sp³-hybridized carbons (Fsp3) is 0.467. The molecular formula is C15H23N3O2. The molecule has 0 saturated heterocycles. The number of benzene rings is 1. The van der Waals surface area contributed by atoms with Crippen LogP contribution in [0.15, 0.2) is 18.2 Å². The SMILES string of the molecule is CCC(=O)Nc1ccc(C)c(NC(=O)C(C)(C)NC)c1. The van der Waals surface area contributed by atoms with E-state index in [2.05, 4.69) is 16.0 Å². The lowest BCUT2D eigenvalue weighted by Crippen LogP contribution is -2.48. The maximum Gasteiger partial charge on any atom is 0.244 e. The number of carbonyl (C=O) groups excluding carboxylic acids is 2. The van der Waals surface area contributed by atoms with E-state index in [-0.39, 0.29) is 11.8 Å². The van der Waals surface area contributed by atoms with Crippen molar-refractivity contribution >= 4 is 23.2 Å². The molecule has 1 rings (SSSR count). The normalized spacial score (nSPS) is 11.1. The van der Waals surface area contributed by atoms with E-state index in [0.717, 1.165) is 5.56 Å². The van der Waals surface area contributed by atoms with Crippen molar-refractivity contribution in [2.45, 2.75) is 39.7 Å². The summed E-state index contributed by atoms with van der Waals surface area (Å²) in [6.07, 6.45) is 0.419. The van der Waals surface area contributed by atoms with Gasteiger partial charge in [0.15, 0.2) is 0 Å². The lowest BCUT2D eigenvalue weighted by atomic mass is 10.0. The average molecular weight is 277 g/mol. The van der Waals surface area contributed by atoms with Gasteiger partial charge in [-0.2, -0.15) is 0 Å². The van der Waals surface area contributed by atoms with Gasteiger partial charge in [-0.3, -0.25) is 9.59 Å². The zero-order valence-electron chi connectivity index (χ0n) is 12.8. The highest BCUT2D eigenvalue weighted by Gasteiger charge is 2.25. The van der Waals surface area contributed by atoms with Gasteiger partial charge in [-0.1, -0.05) is 13.0 Å². The highest BCUT2D eigenvalue weighted by Crippen LogP contribution is 2.21. The van der Waals surface area contributed by atoms with Crippen LogP contribution in [0.5, 0.6) is 0 Å². The van der Waals surface area contributed by atoms with Gasteiger partial charge < -0.3 is 16.0 Å². The molecule has 0 radical (unpaired) electrons. The monoisotopic (exact) mass is 277 g/mol. The van der Waals surface area contributed by atoms with Gasteiger partial charge in [0.05, 0.1) is 5.54 Å². The molecule has 3 N–H and O–H groups in total. The van der Waals surface area contributed by atoms with Crippen molar-refractivity contribution in [3.8, 4) is 0 Å². The Labute approximate surface area is 120 Å². The van der Waals surface area contributed by atoms with Crippen molar-refractivity contribution in [2.24, 2.45) is 0 Å². The summed E-state index contributed by atoms with van der Waals surface area (Å²) in [6.45, 7) is 7.32. The van der Waals surface area contributed by atoms with Crippen LogP contribution in [0.3, 0.4) is 0 Å². The van der Waals surface area contributed by atoms with Crippen LogP contribution in [0.4, 0.5) is 11.4 Å². The second kappa shape index (κ2) is 6.52. The number of anilines is 2. The Balaban J connectivity index is 2.92. The standard InChI is InChI=1S/C15H23N3O2/c1-6-13(19)17-11-8-7-10(2)12(9-11)18-14(20)15(3,4)16-5/h7-9,16H,6H2,1-5H3,(H,17,19)(H,18,20). The third-order valence-electron chi connectivity index (χ3n) is 3.28. The van der Waals surface area contributed by atoms with Crippen molar-refractivity contribution in [3.05, 3.63) is 23.8 Å². The lowest BCUT2D eigenvalue weighted by molar-refractivity contribution is -0.121. The number of rotatable bonds is 5. The molecule has 1 aromatic rings. The van der Waals surface area contributed by atoms with E-state index in [0.29, 0.717) is 17.8 Å². The van der Waals surface area contributed by atoms with Gasteiger partial charge in [0.1, 0.15) is 0 Å². The van der Waals surface area contributed by atoms with E-state index in [1.807, 2.05) is 19.1 Å². The molecule has 5 heteroatoms. The molecule has 1 aromatic carbocycles. The first-order chi connectivity index (χ1) is 9.30. The van der Waals surface area contributed by atoms with E-state index in [1.54, 1.807) is 33.9 Å². The van der Waals surface area contributed by atoms with Crippen LogP contribution < -0.4 is 16.0 Å². The van der Waals surface area contributed by atoms with Gasteiger partial charge in [-0.25, -0.2) is 0 Å². The summed E-state index contributed by atoms with van der Waals surface area (Å²) in [7, 11) is 1.74. The summed E-state index contributed by atoms with van der Waals surface area (Å²) in [6, 6.07) is 5.46. The molecule has 0 atom stereocenters. The first-order valence-electron chi connectivity index (χ1n) is 6.71. The van der Waals surface area contributed by atoms with Crippen LogP contribution in [-0.2, 0) is 9.59 Å². The van der Waals surface area contributed by atoms with E-state index in [4.69, 9.17) is 0 Å². The molecule has 0 aromatic heterocycles. The first-order valence-corrected chi connectivity index (χ1v) is 6.71. The summed E-state index contributed by atoms with van der Waals surface area (Å²) in [5.74, 6) is -0.177. The summed E-state index contributed by atoms with van der Waals surface area (Å²) < 4.78 is 0. The van der Waals surface area contributed by atoms with Crippen molar-refractivity contribution < 1.29 is 9.59 Å². The number of aryl methyl sites for hydroxylation is 1. The van der Waals surface area contributed by atoms with Crippen LogP contribution in [0, 0.1) is 6.92 Å². The Bertz CT molecular complexity index is 510. The zero-order valence-corrected chi connectivity index (χ0v) is 12.8. The Kier molecular flexibility index (Phi) is 5.27. The number of hydrogen-bond acceptors (Lipinski definition) is 3. The van der Waals surface area contributed by atoms with E-state index < -0.39 is 5.54 Å². The topological polar surface area (TPSA) is 70.2 Å². The smallest absolute Gasteiger partial charge is 0.244 e. The lowest BCUT2D eigenvalue weighted by Gasteiger charge is -2.23. The highest BCUT2D eigenvalue weighted by molar-refractivity contribution is 5.99. The third-order valence-corrected chi connectivity index (χ3v) is 3.28. The van der Waals surface area contributed by atoms with Gasteiger partial charge in [0.2, 0.25) is 11.8 Å². The molecule has 0 spiro atoms. The van der Waals surface area contributed by atoms with E-state index in [9.17, 15) is 9.59 Å². The minimum absolute atomic E-state index is 0.0540. The molecule has 20 heavy (non-hydrogen) atoms. The average Bonchev–Trinajstić information content (AvgIpc) is 2.42. The predicted molar refractivity (Wildman–Crippen MR) is 81.9 cm³/mol. The van der Waals surface area contributed by atoms with Crippen LogP contribution in [-0.4, -0.2) is 24.4 Å². The van der Waals surface area contributed by atoms with Gasteiger partial charge in [0.25, 0.3) is 0 Å². The number of amides is 2. The maximum atomic E-state index is 12.1. The van der Waals surface area contributed by atoms with E-state index in [1.165, 1.54) is 0 Å². The minimum Gasteiger partial charge on any atom is -0.326 e. The Morgan fingerprint density at radius 3 is 2.40 bits per heavy atom. The number of likely N-dealkylation sites (N-methyl/N-ethyl adjacent to an activating group) is 1. The summed E-state index contributed by atoms with van der Waals surface area (Å²) in [5, 5.41) is 8.61. The van der Waals surface area contributed by atoms with Crippen LogP contribution >= 0.6 is 0 Å². The largest absolute Gasteiger partial charge is 0.326 e. The van der Waals surface area contributed by atoms with Crippen LogP contribution in [0.25, 0.3) is 0 Å². The highest BCUT2D eigenvalue weighted by atomic mass is 16.2. The first kappa shape index (κ1) is 16.2. The molecular weight excluding hydrogens is 254 g/mol. The molecule has 0 bridgehead atoms. The summed E-state index contributed by atoms with van der Waals surface area (Å²) >= 11 is 0. The van der Waals surface area contributed by atoms with Gasteiger partial charge in [-0.15, -0.1) is 0 Å². The molecule has 0 saturated carbocycles. The molecule has 0 aliphatic rings. The number of carbonyl (C=O) groups is 2.